The smallest absolute Gasteiger partial charge is 0.239 e. The maximum Gasteiger partial charge on any atom is 0.239 e. The molecule has 1 amide bonds. The van der Waals surface area contributed by atoms with Gasteiger partial charge in [-0.15, -0.1) is 0 Å². The molecule has 28 aromatic carbocycles. The Morgan fingerprint density at radius 1 is 0.274 bits per heavy atom. The van der Waals surface area contributed by atoms with E-state index < -0.39 is 10.8 Å². The van der Waals surface area contributed by atoms with Gasteiger partial charge >= 0.3 is 0 Å². The van der Waals surface area contributed by atoms with E-state index in [1.807, 2.05) is 6.08 Å². The minimum Gasteiger partial charge on any atom is -0.342 e. The molecule has 28 aromatic rings. The van der Waals surface area contributed by atoms with Crippen molar-refractivity contribution in [3.8, 4) is 0 Å². The molecular weight excluding hydrogens is 887 g/mol. The number of nitrogens with zero attached hydrogens (tertiary/aromatic N) is 1. The molecule has 0 heterocycles. The number of carbonyl (C=O) groups is 2. The molecule has 3 heteroatoms. The van der Waals surface area contributed by atoms with Crippen molar-refractivity contribution in [2.45, 2.75) is 38.5 Å². The highest BCUT2D eigenvalue weighted by Gasteiger charge is 2.75. The number of amides is 1. The zero-order valence-electron chi connectivity index (χ0n) is 38.8. The van der Waals surface area contributed by atoms with Gasteiger partial charge in [0.05, 0.1) is 0 Å². The molecule has 0 bridgehead atoms. The van der Waals surface area contributed by atoms with E-state index in [1.165, 1.54) is 238 Å². The minimum absolute atomic E-state index is 0.128. The lowest BCUT2D eigenvalue weighted by Gasteiger charge is -2.53. The Bertz CT molecular complexity index is 7170. The number of rotatable bonds is 5. The molecule has 0 saturated carbocycles. The van der Waals surface area contributed by atoms with E-state index in [4.69, 9.17) is 0 Å². The molecule has 4 aliphatic rings. The minimum atomic E-state index is -1.31. The zero-order chi connectivity index (χ0) is 44.9. The van der Waals surface area contributed by atoms with E-state index in [-0.39, 0.29) is 11.7 Å². The molecular formula is C70H17NO2. The van der Waals surface area contributed by atoms with Crippen molar-refractivity contribution < 1.29 is 9.59 Å². The average Bonchev–Trinajstić information content (AvgIpc) is 4.30. The number of ketones is 1. The molecule has 0 aliphatic heterocycles. The predicted octanol–water partition coefficient (Wildman–Crippen LogP) is 17.7. The number of hydrogen-bond donors (Lipinski definition) is 0. The van der Waals surface area contributed by atoms with Crippen molar-refractivity contribution in [1.82, 2.24) is 4.90 Å². The molecule has 73 heavy (non-hydrogen) atoms. The van der Waals surface area contributed by atoms with E-state index in [9.17, 15) is 0 Å². The molecule has 0 spiro atoms. The maximum atomic E-state index is 17.9. The number of likely N-dealkylation sites (N-methyl/N-ethyl adjacent to an activating group) is 1. The molecule has 0 N–H and O–H groups in total. The number of benzene rings is 18. The monoisotopic (exact) mass is 903 g/mol. The Morgan fingerprint density at radius 3 is 0.575 bits per heavy atom. The lowest BCUT2D eigenvalue weighted by molar-refractivity contribution is -0.140. The van der Waals surface area contributed by atoms with Crippen molar-refractivity contribution in [3.63, 3.8) is 0 Å². The van der Waals surface area contributed by atoms with Crippen LogP contribution in [0.1, 0.15) is 49.9 Å². The van der Waals surface area contributed by atoms with Crippen LogP contribution in [0.3, 0.4) is 0 Å². The summed E-state index contributed by atoms with van der Waals surface area (Å²) < 4.78 is 0. The predicted molar refractivity (Wildman–Crippen MR) is 306 cm³/mol. The molecule has 0 atom stereocenters. The molecule has 32 rings (SSSR count). The fourth-order valence-electron chi connectivity index (χ4n) is 25.2. The first-order chi connectivity index (χ1) is 36.0. The molecule has 0 saturated heterocycles. The zero-order valence-corrected chi connectivity index (χ0v) is 38.8. The second-order valence-corrected chi connectivity index (χ2v) is 26.3. The summed E-state index contributed by atoms with van der Waals surface area (Å²) in [5, 5.41) is 80.0. The van der Waals surface area contributed by atoms with E-state index in [0.717, 1.165) is 5.57 Å². The number of carbonyl (C=O) groups excluding carboxylic acids is 2. The van der Waals surface area contributed by atoms with Gasteiger partial charge in [-0.2, -0.15) is 0 Å². The van der Waals surface area contributed by atoms with Crippen molar-refractivity contribution in [3.05, 3.63) is 33.9 Å². The third-order valence-corrected chi connectivity index (χ3v) is 25.5. The fourth-order valence-corrected chi connectivity index (χ4v) is 25.2. The lowest BCUT2D eigenvalue weighted by atomic mass is 9.46. The van der Waals surface area contributed by atoms with Crippen LogP contribution in [-0.4, -0.2) is 29.7 Å². The van der Waals surface area contributed by atoms with Crippen LogP contribution in [0, 0.1) is 0 Å². The van der Waals surface area contributed by atoms with Crippen LogP contribution in [0.2, 0.25) is 0 Å². The van der Waals surface area contributed by atoms with Crippen LogP contribution in [0.25, 0.3) is 291 Å². The van der Waals surface area contributed by atoms with Crippen LogP contribution in [0.15, 0.2) is 11.6 Å². The average molecular weight is 904 g/mol. The van der Waals surface area contributed by atoms with E-state index >= 15 is 9.59 Å². The van der Waals surface area contributed by atoms with Crippen LogP contribution in [0.4, 0.5) is 0 Å². The van der Waals surface area contributed by atoms with E-state index in [2.05, 4.69) is 32.6 Å². The Kier molecular flexibility index (Phi) is 2.64. The Morgan fingerprint density at radius 2 is 0.425 bits per heavy atom. The van der Waals surface area contributed by atoms with Gasteiger partial charge in [0.25, 0.3) is 0 Å². The number of allylic oxidation sites excluding steroid dienone is 2. The van der Waals surface area contributed by atoms with Crippen molar-refractivity contribution in [1.29, 1.82) is 0 Å². The van der Waals surface area contributed by atoms with Crippen LogP contribution >= 0.6 is 0 Å². The maximum absolute atomic E-state index is 17.9. The fraction of sp³-hybridized carbons (Fsp3) is 0.114. The summed E-state index contributed by atoms with van der Waals surface area (Å²) >= 11 is 0. The van der Waals surface area contributed by atoms with Gasteiger partial charge in [0, 0.05) is 13.1 Å². The van der Waals surface area contributed by atoms with E-state index in [1.54, 1.807) is 75.4 Å². The van der Waals surface area contributed by atoms with Gasteiger partial charge in [0.1, 0.15) is 10.8 Å². The number of hydrogen-bond acceptors (Lipinski definition) is 2. The van der Waals surface area contributed by atoms with Crippen molar-refractivity contribution in [2.24, 2.45) is 0 Å². The summed E-state index contributed by atoms with van der Waals surface area (Å²) in [5.74, 6) is 0.283. The summed E-state index contributed by atoms with van der Waals surface area (Å²) in [4.78, 5) is 37.7. The first-order valence-corrected chi connectivity index (χ1v) is 27.3. The molecule has 0 aromatic heterocycles. The quantitative estimate of drug-likeness (QED) is 0.127. The van der Waals surface area contributed by atoms with E-state index in [0.29, 0.717) is 13.1 Å². The van der Waals surface area contributed by atoms with Crippen LogP contribution < -0.4 is 0 Å². The summed E-state index contributed by atoms with van der Waals surface area (Å²) in [6, 6.07) is 0. The third-order valence-electron chi connectivity index (χ3n) is 25.5. The highest BCUT2D eigenvalue weighted by atomic mass is 16.2. The molecule has 314 valence electrons. The highest BCUT2D eigenvalue weighted by molar-refractivity contribution is 6.82. The molecule has 0 radical (unpaired) electrons. The SMILES string of the molecule is CCN(CC)C(=O)C12c3c4c5c6c7c8c(c9c%10c1c1c3c3c%11c4c4c5c5c7c7c%12c8c8c9c9c%10c%10c1c1c3c3c%11c%11c4c4c5c7c5c7c%12c8c8c9c9c%10c1c1c3c3c%11c4c5c4c7c8c9c1c34)C62C(=O)C=C(C)C. The molecule has 0 unspecified atom stereocenters. The van der Waals surface area contributed by atoms with Gasteiger partial charge in [-0.1, -0.05) is 5.57 Å². The van der Waals surface area contributed by atoms with Crippen molar-refractivity contribution in [2.75, 3.05) is 13.1 Å². The largest absolute Gasteiger partial charge is 0.342 e. The first kappa shape index (κ1) is 29.0. The van der Waals surface area contributed by atoms with Crippen LogP contribution in [-0.2, 0) is 20.4 Å². The first-order valence-electron chi connectivity index (χ1n) is 27.3. The summed E-state index contributed by atoms with van der Waals surface area (Å²) in [6.45, 7) is 9.82. The Labute approximate surface area is 400 Å². The standard InChI is InChI=1S/C70H17NO2/c1-5-71(6-2)68(73)70-66-60-54-44-36-26-18-14-11-10-12-16(18)24-32(26)46(54)52-42-34(24)28-20(12)21-13(10)17-19-15(11)23-22(14)30(36)40-41-31(23)37-27(19)33-25(17)35-29(21)39-38(28)48(42)56-57-49(39)43(35)53-47(33)55-45(37)51(41)63(62(66)50(40)44)67(70)61(55)59(53)65(57)69(70,64(56)58(52)60)9(72)7-8(3)4/h7H,5-6H2,1-4H3. The lowest BCUT2D eigenvalue weighted by Crippen LogP contribution is -2.63. The van der Waals surface area contributed by atoms with Gasteiger partial charge in [0.15, 0.2) is 5.78 Å². The van der Waals surface area contributed by atoms with Gasteiger partial charge in [-0.05, 0) is 347 Å². The second kappa shape index (κ2) is 6.65. The highest BCUT2D eigenvalue weighted by Crippen LogP contribution is 2.85. The van der Waals surface area contributed by atoms with Crippen LogP contribution in [0.5, 0.6) is 0 Å². The summed E-state index contributed by atoms with van der Waals surface area (Å²) in [5.41, 5.74) is 3.25. The van der Waals surface area contributed by atoms with Crippen molar-refractivity contribution >= 4 is 303 Å². The Balaban J connectivity index is 1.20. The topological polar surface area (TPSA) is 37.4 Å². The van der Waals surface area contributed by atoms with Gasteiger partial charge in [0.2, 0.25) is 5.91 Å². The summed E-state index contributed by atoms with van der Waals surface area (Å²) in [7, 11) is 0. The normalized spacial score (nSPS) is 21.2. The molecule has 4 aliphatic carbocycles. The third kappa shape index (κ3) is 1.58. The Hall–Kier alpha value is -8.66. The summed E-state index contributed by atoms with van der Waals surface area (Å²) in [6.07, 6.45) is 2.03. The molecule has 3 nitrogen and oxygen atoms in total. The van der Waals surface area contributed by atoms with Gasteiger partial charge < -0.3 is 4.90 Å². The molecule has 0 fully saturated rings. The second-order valence-electron chi connectivity index (χ2n) is 26.3. The van der Waals surface area contributed by atoms with Gasteiger partial charge in [-0.25, -0.2) is 0 Å². The van der Waals surface area contributed by atoms with Gasteiger partial charge in [-0.3, -0.25) is 9.59 Å².